The molecule has 6 atom stereocenters. The summed E-state index contributed by atoms with van der Waals surface area (Å²) >= 11 is 0. The Morgan fingerprint density at radius 3 is 1.93 bits per heavy atom. The molecule has 0 saturated heterocycles. The normalized spacial score (nSPS) is 42.5. The molecule has 0 spiro atoms. The molecule has 0 aromatic heterocycles. The molecule has 4 rings (SSSR count). The third kappa shape index (κ3) is 3.06. The van der Waals surface area contributed by atoms with Gasteiger partial charge in [0.15, 0.2) is 0 Å². The van der Waals surface area contributed by atoms with Gasteiger partial charge in [0.05, 0.1) is 0 Å². The van der Waals surface area contributed by atoms with Crippen molar-refractivity contribution in [2.45, 2.75) is 117 Å². The van der Waals surface area contributed by atoms with Gasteiger partial charge in [-0.2, -0.15) is 0 Å². The minimum atomic E-state index is -0.0177. The monoisotopic (exact) mass is 416 g/mol. The van der Waals surface area contributed by atoms with E-state index in [9.17, 15) is 9.59 Å². The highest BCUT2D eigenvalue weighted by Crippen LogP contribution is 2.65. The number of rotatable bonds is 7. The van der Waals surface area contributed by atoms with Gasteiger partial charge in [-0.1, -0.05) is 41.5 Å². The van der Waals surface area contributed by atoms with Crippen LogP contribution < -0.4 is 10.6 Å². The smallest absolute Gasteiger partial charge is 0.220 e. The first-order chi connectivity index (χ1) is 13.9. The van der Waals surface area contributed by atoms with Gasteiger partial charge in [0, 0.05) is 24.4 Å². The van der Waals surface area contributed by atoms with Gasteiger partial charge in [-0.15, -0.1) is 0 Å². The van der Waals surface area contributed by atoms with Gasteiger partial charge in [-0.3, -0.25) is 9.59 Å². The summed E-state index contributed by atoms with van der Waals surface area (Å²) in [6, 6.07) is 0.322. The van der Waals surface area contributed by atoms with Gasteiger partial charge in [0.2, 0.25) is 11.8 Å². The number of carbonyl (C=O) groups excluding carboxylic acids is 2. The molecular formula is C26H44N2O2. The zero-order chi connectivity index (χ0) is 21.9. The molecule has 0 radical (unpaired) electrons. The Morgan fingerprint density at radius 1 is 0.833 bits per heavy atom. The second-order valence-electron chi connectivity index (χ2n) is 12.6. The predicted octanol–water partition coefficient (Wildman–Crippen LogP) is 5.21. The van der Waals surface area contributed by atoms with Crippen LogP contribution in [0.25, 0.3) is 0 Å². The van der Waals surface area contributed by atoms with E-state index in [1.165, 1.54) is 25.7 Å². The van der Waals surface area contributed by atoms with E-state index < -0.39 is 0 Å². The lowest BCUT2D eigenvalue weighted by molar-refractivity contribution is -0.126. The molecule has 2 N–H and O–H groups in total. The third-order valence-electron chi connectivity index (χ3n) is 11.1. The summed E-state index contributed by atoms with van der Waals surface area (Å²) in [5.74, 6) is 2.41. The van der Waals surface area contributed by atoms with Crippen LogP contribution in [0.3, 0.4) is 0 Å². The molecule has 4 aliphatic rings. The standard InChI is InChI=1S/C26H44N2O2/c1-17-15-18-12-14-26(17,24(18,4)5)28-22(30)10-8-7-9-21(29)27-20-16-19-11-13-25(20,6)23(19,2)3/h17-20H,7-16H2,1-6H3,(H,27,29)(H,28,30)/t17-,18-,19-,20+,25-,26+/m0/s1. The van der Waals surface area contributed by atoms with Crippen LogP contribution in [0, 0.1) is 34.0 Å². The molecule has 2 amide bonds. The van der Waals surface area contributed by atoms with Gasteiger partial charge in [0.25, 0.3) is 0 Å². The number of hydrogen-bond donors (Lipinski definition) is 2. The van der Waals surface area contributed by atoms with Crippen molar-refractivity contribution in [3.05, 3.63) is 0 Å². The Morgan fingerprint density at radius 2 is 1.43 bits per heavy atom. The van der Waals surface area contributed by atoms with Crippen LogP contribution in [-0.2, 0) is 9.59 Å². The summed E-state index contributed by atoms with van der Waals surface area (Å²) in [6.45, 7) is 14.1. The summed E-state index contributed by atoms with van der Waals surface area (Å²) in [5, 5.41) is 6.81. The minimum absolute atomic E-state index is 0.0177. The zero-order valence-corrected chi connectivity index (χ0v) is 20.2. The van der Waals surface area contributed by atoms with Crippen LogP contribution in [0.5, 0.6) is 0 Å². The third-order valence-corrected chi connectivity index (χ3v) is 11.1. The van der Waals surface area contributed by atoms with Crippen LogP contribution in [0.2, 0.25) is 0 Å². The summed E-state index contributed by atoms with van der Waals surface area (Å²) < 4.78 is 0. The second kappa shape index (κ2) is 7.24. The van der Waals surface area contributed by atoms with E-state index in [-0.39, 0.29) is 28.2 Å². The number of fused-ring (bicyclic) bond motifs is 4. The van der Waals surface area contributed by atoms with Gasteiger partial charge < -0.3 is 10.6 Å². The van der Waals surface area contributed by atoms with E-state index in [1.807, 2.05) is 0 Å². The van der Waals surface area contributed by atoms with Crippen molar-refractivity contribution in [3.63, 3.8) is 0 Å². The van der Waals surface area contributed by atoms with E-state index in [2.05, 4.69) is 52.2 Å². The first-order valence-electron chi connectivity index (χ1n) is 12.5. The molecule has 4 saturated carbocycles. The molecule has 30 heavy (non-hydrogen) atoms. The molecule has 4 nitrogen and oxygen atoms in total. The zero-order valence-electron chi connectivity index (χ0n) is 20.2. The average molecular weight is 417 g/mol. The number of unbranched alkanes of at least 4 members (excludes halogenated alkanes) is 1. The molecule has 4 fully saturated rings. The molecule has 4 bridgehead atoms. The maximum Gasteiger partial charge on any atom is 0.220 e. The molecule has 4 aliphatic carbocycles. The lowest BCUT2D eigenvalue weighted by Gasteiger charge is -2.42. The molecule has 170 valence electrons. The molecule has 0 aromatic rings. The number of hydrogen-bond acceptors (Lipinski definition) is 2. The van der Waals surface area contributed by atoms with Crippen LogP contribution >= 0.6 is 0 Å². The van der Waals surface area contributed by atoms with Crippen LogP contribution in [0.4, 0.5) is 0 Å². The minimum Gasteiger partial charge on any atom is -0.353 e. The summed E-state index contributed by atoms with van der Waals surface area (Å²) in [7, 11) is 0. The highest BCUT2D eigenvalue weighted by Gasteiger charge is 2.63. The SMILES string of the molecule is C[C@H]1C[C@@H]2CC[C@]1(NC(=O)CCCCC(=O)N[C@@H]1C[C@@H]3CC[C@]1(C)C3(C)C)C2(C)C. The van der Waals surface area contributed by atoms with Crippen molar-refractivity contribution >= 4 is 11.8 Å². The van der Waals surface area contributed by atoms with E-state index in [4.69, 9.17) is 0 Å². The highest BCUT2D eigenvalue weighted by molar-refractivity contribution is 5.78. The van der Waals surface area contributed by atoms with Crippen molar-refractivity contribution in [1.29, 1.82) is 0 Å². The quantitative estimate of drug-likeness (QED) is 0.560. The maximum atomic E-state index is 12.7. The van der Waals surface area contributed by atoms with Gasteiger partial charge in [0.1, 0.15) is 0 Å². The summed E-state index contributed by atoms with van der Waals surface area (Å²) in [4.78, 5) is 25.3. The summed E-state index contributed by atoms with van der Waals surface area (Å²) in [6.07, 6.45) is 9.95. The Hall–Kier alpha value is -1.06. The van der Waals surface area contributed by atoms with E-state index in [1.54, 1.807) is 0 Å². The first kappa shape index (κ1) is 22.1. The fourth-order valence-corrected chi connectivity index (χ4v) is 8.29. The molecule has 0 aromatic carbocycles. The fraction of sp³-hybridized carbons (Fsp3) is 0.923. The average Bonchev–Trinajstić information content (AvgIpc) is 3.18. The predicted molar refractivity (Wildman–Crippen MR) is 121 cm³/mol. The number of amides is 2. The van der Waals surface area contributed by atoms with Gasteiger partial charge in [-0.25, -0.2) is 0 Å². The molecule has 0 unspecified atom stereocenters. The molecule has 0 heterocycles. The lowest BCUT2D eigenvalue weighted by atomic mass is 9.69. The van der Waals surface area contributed by atoms with E-state index in [0.29, 0.717) is 30.2 Å². The van der Waals surface area contributed by atoms with Crippen molar-refractivity contribution in [1.82, 2.24) is 10.6 Å². The lowest BCUT2D eigenvalue weighted by Crippen LogP contribution is -2.56. The Kier molecular flexibility index (Phi) is 5.34. The van der Waals surface area contributed by atoms with Crippen molar-refractivity contribution < 1.29 is 9.59 Å². The number of carbonyl (C=O) groups is 2. The first-order valence-corrected chi connectivity index (χ1v) is 12.5. The maximum absolute atomic E-state index is 12.7. The Bertz CT molecular complexity index is 714. The van der Waals surface area contributed by atoms with Gasteiger partial charge in [-0.05, 0) is 85.4 Å². The van der Waals surface area contributed by atoms with Crippen molar-refractivity contribution in [3.8, 4) is 0 Å². The fourth-order valence-electron chi connectivity index (χ4n) is 8.29. The van der Waals surface area contributed by atoms with Crippen molar-refractivity contribution in [2.24, 2.45) is 34.0 Å². The number of nitrogens with one attached hydrogen (secondary N) is 2. The molecular weight excluding hydrogens is 372 g/mol. The van der Waals surface area contributed by atoms with Crippen LogP contribution in [0.1, 0.15) is 106 Å². The molecule has 4 heteroatoms. The summed E-state index contributed by atoms with van der Waals surface area (Å²) in [5.41, 5.74) is 0.742. The van der Waals surface area contributed by atoms with Crippen LogP contribution in [-0.4, -0.2) is 23.4 Å². The van der Waals surface area contributed by atoms with E-state index in [0.717, 1.165) is 37.5 Å². The van der Waals surface area contributed by atoms with Gasteiger partial charge >= 0.3 is 0 Å². The largest absolute Gasteiger partial charge is 0.353 e. The Balaban J connectivity index is 1.20. The topological polar surface area (TPSA) is 58.2 Å². The highest BCUT2D eigenvalue weighted by atomic mass is 16.2. The second-order valence-corrected chi connectivity index (χ2v) is 12.6. The van der Waals surface area contributed by atoms with Crippen LogP contribution in [0.15, 0.2) is 0 Å². The Labute approximate surface area is 183 Å². The molecule has 0 aliphatic heterocycles. The van der Waals surface area contributed by atoms with E-state index >= 15 is 0 Å². The van der Waals surface area contributed by atoms with Crippen molar-refractivity contribution in [2.75, 3.05) is 0 Å².